The molecule has 0 aliphatic rings. The zero-order valence-electron chi connectivity index (χ0n) is 11.6. The van der Waals surface area contributed by atoms with Gasteiger partial charge < -0.3 is 14.6 Å². The van der Waals surface area contributed by atoms with Gasteiger partial charge in [0.2, 0.25) is 5.76 Å². The Morgan fingerprint density at radius 3 is 2.80 bits per heavy atom. The van der Waals surface area contributed by atoms with E-state index in [4.69, 9.17) is 9.26 Å². The van der Waals surface area contributed by atoms with Crippen LogP contribution in [-0.4, -0.2) is 24.2 Å². The molecule has 1 N–H and O–H groups in total. The molecule has 0 bridgehead atoms. The minimum Gasteiger partial charge on any atom is -0.479 e. The summed E-state index contributed by atoms with van der Waals surface area (Å²) in [7, 11) is 1.47. The van der Waals surface area contributed by atoms with Gasteiger partial charge in [-0.15, -0.1) is 0 Å². The predicted molar refractivity (Wildman–Crippen MR) is 74.7 cm³/mol. The summed E-state index contributed by atoms with van der Waals surface area (Å²) in [6.45, 7) is 1.97. The number of amides is 1. The number of benzene rings is 1. The zero-order valence-corrected chi connectivity index (χ0v) is 11.6. The maximum absolute atomic E-state index is 11.9. The minimum atomic E-state index is -0.277. The Balaban J connectivity index is 1.82. The molecule has 2 rings (SSSR count). The molecule has 2 aromatic rings. The number of nitrogens with zero attached hydrogens (tertiary/aromatic N) is 1. The third kappa shape index (κ3) is 3.85. The van der Waals surface area contributed by atoms with Crippen LogP contribution in [0.2, 0.25) is 0 Å². The Morgan fingerprint density at radius 1 is 1.40 bits per heavy atom. The number of nitrogens with one attached hydrogen (secondary N) is 1. The fourth-order valence-electron chi connectivity index (χ4n) is 1.86. The molecule has 5 nitrogen and oxygen atoms in total. The van der Waals surface area contributed by atoms with Crippen molar-refractivity contribution in [2.45, 2.75) is 25.8 Å². The number of hydrogen-bond donors (Lipinski definition) is 1. The molecular formula is C15H18N2O3. The topological polar surface area (TPSA) is 64.4 Å². The standard InChI is InChI=1S/C15H18N2O3/c1-11(8-9-12-6-4-3-5-7-12)16-15(18)13-10-14(19-2)17-20-13/h3-7,10-11H,8-9H2,1-2H3,(H,16,18). The summed E-state index contributed by atoms with van der Waals surface area (Å²) >= 11 is 0. The summed E-state index contributed by atoms with van der Waals surface area (Å²) in [5.41, 5.74) is 1.26. The second kappa shape index (κ2) is 6.75. The average Bonchev–Trinajstić information content (AvgIpc) is 2.95. The molecule has 1 atom stereocenters. The third-order valence-corrected chi connectivity index (χ3v) is 3.01. The molecule has 1 amide bonds. The summed E-state index contributed by atoms with van der Waals surface area (Å²) in [5, 5.41) is 6.47. The van der Waals surface area contributed by atoms with Crippen LogP contribution in [0.4, 0.5) is 0 Å². The van der Waals surface area contributed by atoms with E-state index in [0.29, 0.717) is 5.88 Å². The molecule has 0 aliphatic carbocycles. The molecule has 0 spiro atoms. The van der Waals surface area contributed by atoms with Gasteiger partial charge in [-0.2, -0.15) is 0 Å². The molecule has 1 aromatic carbocycles. The van der Waals surface area contributed by atoms with Gasteiger partial charge in [0, 0.05) is 6.04 Å². The molecule has 5 heteroatoms. The minimum absolute atomic E-state index is 0.0544. The van der Waals surface area contributed by atoms with E-state index in [9.17, 15) is 4.79 Å². The van der Waals surface area contributed by atoms with Crippen molar-refractivity contribution in [1.82, 2.24) is 10.5 Å². The van der Waals surface area contributed by atoms with E-state index in [-0.39, 0.29) is 17.7 Å². The van der Waals surface area contributed by atoms with E-state index >= 15 is 0 Å². The summed E-state index contributed by atoms with van der Waals surface area (Å²) in [4.78, 5) is 11.9. The fourth-order valence-corrected chi connectivity index (χ4v) is 1.86. The van der Waals surface area contributed by atoms with Crippen LogP contribution in [0.1, 0.15) is 29.5 Å². The van der Waals surface area contributed by atoms with Crippen molar-refractivity contribution in [1.29, 1.82) is 0 Å². The lowest BCUT2D eigenvalue weighted by Crippen LogP contribution is -2.32. The van der Waals surface area contributed by atoms with Crippen LogP contribution in [0.5, 0.6) is 5.88 Å². The second-order valence-corrected chi connectivity index (χ2v) is 4.63. The van der Waals surface area contributed by atoms with Crippen molar-refractivity contribution in [3.8, 4) is 5.88 Å². The van der Waals surface area contributed by atoms with Gasteiger partial charge in [-0.05, 0) is 30.5 Å². The van der Waals surface area contributed by atoms with Gasteiger partial charge in [0.15, 0.2) is 0 Å². The molecule has 106 valence electrons. The molecule has 0 saturated carbocycles. The van der Waals surface area contributed by atoms with Crippen molar-refractivity contribution < 1.29 is 14.1 Å². The summed E-state index contributed by atoms with van der Waals surface area (Å²) in [6, 6.07) is 11.7. The number of hydrogen-bond acceptors (Lipinski definition) is 4. The highest BCUT2D eigenvalue weighted by Gasteiger charge is 2.15. The van der Waals surface area contributed by atoms with Gasteiger partial charge in [0.1, 0.15) is 0 Å². The van der Waals surface area contributed by atoms with Gasteiger partial charge in [-0.3, -0.25) is 4.79 Å². The molecule has 0 radical (unpaired) electrons. The molecule has 0 saturated heterocycles. The van der Waals surface area contributed by atoms with E-state index in [1.165, 1.54) is 18.7 Å². The Bertz CT molecular complexity index is 551. The van der Waals surface area contributed by atoms with Crippen molar-refractivity contribution in [3.05, 3.63) is 47.7 Å². The first-order valence-electron chi connectivity index (χ1n) is 6.54. The highest BCUT2D eigenvalue weighted by Crippen LogP contribution is 2.11. The van der Waals surface area contributed by atoms with E-state index in [1.807, 2.05) is 25.1 Å². The van der Waals surface area contributed by atoms with Gasteiger partial charge in [0.05, 0.1) is 13.2 Å². The summed E-state index contributed by atoms with van der Waals surface area (Å²) in [6.07, 6.45) is 1.78. The summed E-state index contributed by atoms with van der Waals surface area (Å²) in [5.74, 6) is 0.182. The molecular weight excluding hydrogens is 256 g/mol. The number of carbonyl (C=O) groups is 1. The van der Waals surface area contributed by atoms with Crippen molar-refractivity contribution >= 4 is 5.91 Å². The average molecular weight is 274 g/mol. The smallest absolute Gasteiger partial charge is 0.290 e. The van der Waals surface area contributed by atoms with Gasteiger partial charge >= 0.3 is 0 Å². The van der Waals surface area contributed by atoms with E-state index in [2.05, 4.69) is 22.6 Å². The fraction of sp³-hybridized carbons (Fsp3) is 0.333. The first-order chi connectivity index (χ1) is 9.69. The number of rotatable bonds is 6. The number of ether oxygens (including phenoxy) is 1. The van der Waals surface area contributed by atoms with Gasteiger partial charge in [-0.25, -0.2) is 0 Å². The molecule has 1 heterocycles. The van der Waals surface area contributed by atoms with Crippen LogP contribution >= 0.6 is 0 Å². The normalized spacial score (nSPS) is 11.9. The molecule has 0 aliphatic heterocycles. The highest BCUT2D eigenvalue weighted by atomic mass is 16.5. The monoisotopic (exact) mass is 274 g/mol. The number of carbonyl (C=O) groups excluding carboxylic acids is 1. The van der Waals surface area contributed by atoms with E-state index in [0.717, 1.165) is 12.8 Å². The quantitative estimate of drug-likeness (QED) is 0.878. The number of aryl methyl sites for hydroxylation is 1. The second-order valence-electron chi connectivity index (χ2n) is 4.63. The largest absolute Gasteiger partial charge is 0.479 e. The van der Waals surface area contributed by atoms with Crippen LogP contribution in [-0.2, 0) is 6.42 Å². The lowest BCUT2D eigenvalue weighted by Gasteiger charge is -2.12. The van der Waals surface area contributed by atoms with Crippen LogP contribution in [0.3, 0.4) is 0 Å². The third-order valence-electron chi connectivity index (χ3n) is 3.01. The maximum atomic E-state index is 11.9. The van der Waals surface area contributed by atoms with Crippen molar-refractivity contribution in [2.75, 3.05) is 7.11 Å². The Morgan fingerprint density at radius 2 is 2.15 bits per heavy atom. The lowest BCUT2D eigenvalue weighted by atomic mass is 10.1. The van der Waals surface area contributed by atoms with Crippen molar-refractivity contribution in [3.63, 3.8) is 0 Å². The number of aromatic nitrogens is 1. The Labute approximate surface area is 117 Å². The Kier molecular flexibility index (Phi) is 4.76. The van der Waals surface area contributed by atoms with Crippen LogP contribution in [0.15, 0.2) is 40.9 Å². The highest BCUT2D eigenvalue weighted by molar-refractivity contribution is 5.91. The van der Waals surface area contributed by atoms with Gasteiger partial charge in [0.25, 0.3) is 11.8 Å². The first kappa shape index (κ1) is 14.1. The lowest BCUT2D eigenvalue weighted by molar-refractivity contribution is 0.0901. The number of methoxy groups -OCH3 is 1. The predicted octanol–water partition coefficient (Wildman–Crippen LogP) is 2.43. The van der Waals surface area contributed by atoms with Crippen LogP contribution in [0, 0.1) is 0 Å². The first-order valence-corrected chi connectivity index (χ1v) is 6.54. The van der Waals surface area contributed by atoms with E-state index < -0.39 is 0 Å². The molecule has 1 unspecified atom stereocenters. The molecule has 1 aromatic heterocycles. The Hall–Kier alpha value is -2.30. The summed E-state index contributed by atoms with van der Waals surface area (Å²) < 4.78 is 9.76. The zero-order chi connectivity index (χ0) is 14.4. The van der Waals surface area contributed by atoms with Crippen LogP contribution in [0.25, 0.3) is 0 Å². The van der Waals surface area contributed by atoms with Crippen molar-refractivity contribution in [2.24, 2.45) is 0 Å². The molecule has 20 heavy (non-hydrogen) atoms. The van der Waals surface area contributed by atoms with E-state index in [1.54, 1.807) is 0 Å². The molecule has 0 fully saturated rings. The van der Waals surface area contributed by atoms with Gasteiger partial charge in [-0.1, -0.05) is 30.3 Å². The van der Waals surface area contributed by atoms with Crippen LogP contribution < -0.4 is 10.1 Å². The maximum Gasteiger partial charge on any atom is 0.290 e. The SMILES string of the molecule is COc1cc(C(=O)NC(C)CCc2ccccc2)on1.